The fourth-order valence-electron chi connectivity index (χ4n) is 3.13. The molecule has 3 nitrogen and oxygen atoms in total. The summed E-state index contributed by atoms with van der Waals surface area (Å²) in [5.74, 6) is 0.421. The molecule has 1 heterocycles. The van der Waals surface area contributed by atoms with Gasteiger partial charge in [-0.1, -0.05) is 25.0 Å². The molecule has 1 aliphatic carbocycles. The maximum atomic E-state index is 12.6. The van der Waals surface area contributed by atoms with Gasteiger partial charge in [0.15, 0.2) is 0 Å². The zero-order chi connectivity index (χ0) is 15.4. The minimum atomic E-state index is -0.0950. The molecule has 1 aromatic heterocycles. The number of benzene rings is 1. The molecular formula is C18H18N2OS. The number of nitrogens with one attached hydrogen (secondary N) is 1. The SMILES string of the molecule is N#Cc1cccc(C(=O)N[C@H](c2cccs2)C2CCCC2)c1. The summed E-state index contributed by atoms with van der Waals surface area (Å²) in [6.07, 6.45) is 4.82. The Morgan fingerprint density at radius 1 is 1.27 bits per heavy atom. The molecule has 0 radical (unpaired) electrons. The van der Waals surface area contributed by atoms with Crippen molar-refractivity contribution >= 4 is 17.2 Å². The van der Waals surface area contributed by atoms with E-state index in [1.807, 2.05) is 6.07 Å². The molecule has 1 N–H and O–H groups in total. The zero-order valence-corrected chi connectivity index (χ0v) is 13.1. The fourth-order valence-corrected chi connectivity index (χ4v) is 4.00. The average molecular weight is 310 g/mol. The van der Waals surface area contributed by atoms with E-state index in [4.69, 9.17) is 5.26 Å². The van der Waals surface area contributed by atoms with Gasteiger partial charge in [0, 0.05) is 10.4 Å². The first-order valence-corrected chi connectivity index (χ1v) is 8.50. The van der Waals surface area contributed by atoms with E-state index in [9.17, 15) is 4.79 Å². The Balaban J connectivity index is 1.80. The third-order valence-electron chi connectivity index (χ3n) is 4.26. The second-order valence-electron chi connectivity index (χ2n) is 5.70. The number of hydrogen-bond acceptors (Lipinski definition) is 3. The van der Waals surface area contributed by atoms with Crippen molar-refractivity contribution in [3.05, 3.63) is 57.8 Å². The van der Waals surface area contributed by atoms with Crippen LogP contribution in [0.25, 0.3) is 0 Å². The van der Waals surface area contributed by atoms with Gasteiger partial charge in [-0.3, -0.25) is 4.79 Å². The topological polar surface area (TPSA) is 52.9 Å². The monoisotopic (exact) mass is 310 g/mol. The number of thiophene rings is 1. The van der Waals surface area contributed by atoms with Crippen LogP contribution >= 0.6 is 11.3 Å². The number of carbonyl (C=O) groups excluding carboxylic acids is 1. The highest BCUT2D eigenvalue weighted by Gasteiger charge is 2.28. The second kappa shape index (κ2) is 6.76. The smallest absolute Gasteiger partial charge is 0.251 e. The molecule has 0 saturated heterocycles. The molecular weight excluding hydrogens is 292 g/mol. The quantitative estimate of drug-likeness (QED) is 0.916. The molecule has 4 heteroatoms. The number of amides is 1. The summed E-state index contributed by atoms with van der Waals surface area (Å²) in [7, 11) is 0. The van der Waals surface area contributed by atoms with Crippen molar-refractivity contribution in [2.45, 2.75) is 31.7 Å². The molecule has 1 amide bonds. The van der Waals surface area contributed by atoms with E-state index in [0.717, 1.165) is 0 Å². The minimum Gasteiger partial charge on any atom is -0.344 e. The largest absolute Gasteiger partial charge is 0.344 e. The van der Waals surface area contributed by atoms with Crippen molar-refractivity contribution in [3.8, 4) is 6.07 Å². The van der Waals surface area contributed by atoms with Gasteiger partial charge in [-0.25, -0.2) is 0 Å². The maximum Gasteiger partial charge on any atom is 0.251 e. The molecule has 1 aliphatic rings. The molecule has 112 valence electrons. The van der Waals surface area contributed by atoms with Gasteiger partial charge in [0.25, 0.3) is 5.91 Å². The van der Waals surface area contributed by atoms with Gasteiger partial charge in [0.05, 0.1) is 17.7 Å². The van der Waals surface area contributed by atoms with E-state index in [1.54, 1.807) is 35.6 Å². The van der Waals surface area contributed by atoms with Crippen molar-refractivity contribution < 1.29 is 4.79 Å². The average Bonchev–Trinajstić information content (AvgIpc) is 3.26. The number of nitriles is 1. The van der Waals surface area contributed by atoms with Crippen LogP contribution in [-0.4, -0.2) is 5.91 Å². The van der Waals surface area contributed by atoms with Gasteiger partial charge in [0.1, 0.15) is 0 Å². The predicted octanol–water partition coefficient (Wildman–Crippen LogP) is 4.28. The molecule has 1 saturated carbocycles. The molecule has 1 atom stereocenters. The third-order valence-corrected chi connectivity index (χ3v) is 5.22. The summed E-state index contributed by atoms with van der Waals surface area (Å²) in [4.78, 5) is 13.8. The predicted molar refractivity (Wildman–Crippen MR) is 87.6 cm³/mol. The lowest BCUT2D eigenvalue weighted by molar-refractivity contribution is 0.0923. The summed E-state index contributed by atoms with van der Waals surface area (Å²) in [5.41, 5.74) is 1.07. The van der Waals surface area contributed by atoms with Crippen LogP contribution in [0.1, 0.15) is 52.5 Å². The van der Waals surface area contributed by atoms with Gasteiger partial charge in [-0.05, 0) is 48.4 Å². The van der Waals surface area contributed by atoms with Crippen molar-refractivity contribution in [2.75, 3.05) is 0 Å². The van der Waals surface area contributed by atoms with Crippen molar-refractivity contribution in [1.82, 2.24) is 5.32 Å². The number of carbonyl (C=O) groups is 1. The van der Waals surface area contributed by atoms with E-state index in [1.165, 1.54) is 30.6 Å². The highest BCUT2D eigenvalue weighted by atomic mass is 32.1. The Morgan fingerprint density at radius 2 is 2.09 bits per heavy atom. The number of rotatable bonds is 4. The summed E-state index contributed by atoms with van der Waals surface area (Å²) in [5, 5.41) is 14.2. The second-order valence-corrected chi connectivity index (χ2v) is 6.68. The van der Waals surface area contributed by atoms with Gasteiger partial charge < -0.3 is 5.32 Å². The van der Waals surface area contributed by atoms with Crippen LogP contribution in [0.5, 0.6) is 0 Å². The Labute approximate surface area is 134 Å². The first-order chi connectivity index (χ1) is 10.8. The van der Waals surface area contributed by atoms with Gasteiger partial charge in [-0.15, -0.1) is 11.3 Å². The van der Waals surface area contributed by atoms with E-state index < -0.39 is 0 Å². The lowest BCUT2D eigenvalue weighted by Gasteiger charge is -2.23. The van der Waals surface area contributed by atoms with Gasteiger partial charge >= 0.3 is 0 Å². The fraction of sp³-hybridized carbons (Fsp3) is 0.333. The third kappa shape index (κ3) is 3.20. The van der Waals surface area contributed by atoms with E-state index in [0.29, 0.717) is 17.0 Å². The lowest BCUT2D eigenvalue weighted by Crippen LogP contribution is -2.32. The van der Waals surface area contributed by atoms with Crippen LogP contribution in [0, 0.1) is 17.2 Å². The van der Waals surface area contributed by atoms with E-state index in [-0.39, 0.29) is 11.9 Å². The zero-order valence-electron chi connectivity index (χ0n) is 12.3. The van der Waals surface area contributed by atoms with E-state index >= 15 is 0 Å². The molecule has 0 aliphatic heterocycles. The summed E-state index contributed by atoms with van der Waals surface area (Å²) >= 11 is 1.70. The molecule has 0 unspecified atom stereocenters. The van der Waals surface area contributed by atoms with Crippen LogP contribution in [0.4, 0.5) is 0 Å². The van der Waals surface area contributed by atoms with Crippen LogP contribution in [-0.2, 0) is 0 Å². The summed E-state index contributed by atoms with van der Waals surface area (Å²) in [6, 6.07) is 13.2. The number of hydrogen-bond donors (Lipinski definition) is 1. The highest BCUT2D eigenvalue weighted by molar-refractivity contribution is 7.10. The maximum absolute atomic E-state index is 12.6. The van der Waals surface area contributed by atoms with Crippen LogP contribution in [0.15, 0.2) is 41.8 Å². The Kier molecular flexibility index (Phi) is 4.55. The standard InChI is InChI=1S/C18H18N2OS/c19-12-13-5-3-8-15(11-13)18(21)20-17(14-6-1-2-7-14)16-9-4-10-22-16/h3-5,8-11,14,17H,1-2,6-7H2,(H,20,21)/t17-/m0/s1. The highest BCUT2D eigenvalue weighted by Crippen LogP contribution is 2.37. The number of nitrogens with zero attached hydrogens (tertiary/aromatic N) is 1. The van der Waals surface area contributed by atoms with Crippen LogP contribution < -0.4 is 5.32 Å². The molecule has 1 fully saturated rings. The molecule has 22 heavy (non-hydrogen) atoms. The van der Waals surface area contributed by atoms with Gasteiger partial charge in [0.2, 0.25) is 0 Å². The Hall–Kier alpha value is -2.12. The summed E-state index contributed by atoms with van der Waals surface area (Å²) in [6.45, 7) is 0. The summed E-state index contributed by atoms with van der Waals surface area (Å²) < 4.78 is 0. The normalized spacial score (nSPS) is 16.1. The Morgan fingerprint density at radius 3 is 2.77 bits per heavy atom. The molecule has 2 aromatic rings. The lowest BCUT2D eigenvalue weighted by atomic mass is 9.96. The van der Waals surface area contributed by atoms with Crippen LogP contribution in [0.3, 0.4) is 0 Å². The first-order valence-electron chi connectivity index (χ1n) is 7.62. The van der Waals surface area contributed by atoms with Crippen molar-refractivity contribution in [1.29, 1.82) is 5.26 Å². The Bertz CT molecular complexity index is 681. The van der Waals surface area contributed by atoms with E-state index in [2.05, 4.69) is 22.8 Å². The molecule has 1 aromatic carbocycles. The first kappa shape index (κ1) is 14.8. The van der Waals surface area contributed by atoms with Crippen LogP contribution in [0.2, 0.25) is 0 Å². The van der Waals surface area contributed by atoms with Gasteiger partial charge in [-0.2, -0.15) is 5.26 Å². The van der Waals surface area contributed by atoms with Crippen molar-refractivity contribution in [3.63, 3.8) is 0 Å². The van der Waals surface area contributed by atoms with Crippen molar-refractivity contribution in [2.24, 2.45) is 5.92 Å². The minimum absolute atomic E-state index is 0.0840. The molecule has 0 spiro atoms. The molecule has 0 bridgehead atoms. The molecule has 3 rings (SSSR count).